The normalized spacial score (nSPS) is 15.2. The summed E-state index contributed by atoms with van der Waals surface area (Å²) in [5.41, 5.74) is 1.02. The van der Waals surface area contributed by atoms with Crippen LogP contribution < -0.4 is 4.90 Å². The van der Waals surface area contributed by atoms with Crippen LogP contribution in [-0.2, 0) is 10.0 Å². The van der Waals surface area contributed by atoms with E-state index in [1.165, 1.54) is 39.9 Å². The van der Waals surface area contributed by atoms with Gasteiger partial charge in [-0.15, -0.1) is 0 Å². The highest BCUT2D eigenvalue weighted by molar-refractivity contribution is 7.89. The molecule has 0 unspecified atom stereocenters. The van der Waals surface area contributed by atoms with Crippen molar-refractivity contribution in [1.29, 1.82) is 0 Å². The number of halogens is 1. The first-order chi connectivity index (χ1) is 16.3. The van der Waals surface area contributed by atoms with Gasteiger partial charge in [0, 0.05) is 25.2 Å². The van der Waals surface area contributed by atoms with Gasteiger partial charge in [0.25, 0.3) is 5.91 Å². The monoisotopic (exact) mass is 504 g/mol. The molecule has 182 valence electrons. The van der Waals surface area contributed by atoms with E-state index in [9.17, 15) is 17.6 Å². The van der Waals surface area contributed by atoms with Gasteiger partial charge in [-0.1, -0.05) is 17.8 Å². The van der Waals surface area contributed by atoms with E-state index in [0.29, 0.717) is 40.5 Å². The van der Waals surface area contributed by atoms with Crippen molar-refractivity contribution in [2.75, 3.05) is 45.2 Å². The number of amides is 1. The predicted molar refractivity (Wildman–Crippen MR) is 133 cm³/mol. The minimum Gasteiger partial charge on any atom is -0.309 e. The number of benzene rings is 2. The summed E-state index contributed by atoms with van der Waals surface area (Å²) >= 11 is 1.27. The summed E-state index contributed by atoms with van der Waals surface area (Å²) in [6.45, 7) is 2.28. The molecule has 4 rings (SSSR count). The van der Waals surface area contributed by atoms with E-state index >= 15 is 0 Å². The SMILES string of the molecule is CN(C)CCCN(C(=O)c1ccc(S(=O)(=O)N2CCCCC2)cc1)c1nc2ccc(F)cc2s1. The number of carbonyl (C=O) groups excluding carboxylic acids is 1. The molecule has 0 bridgehead atoms. The van der Waals surface area contributed by atoms with Gasteiger partial charge in [0.2, 0.25) is 10.0 Å². The first kappa shape index (κ1) is 24.7. The molecule has 1 aliphatic heterocycles. The number of hydrogen-bond donors (Lipinski definition) is 0. The van der Waals surface area contributed by atoms with Crippen molar-refractivity contribution in [3.63, 3.8) is 0 Å². The lowest BCUT2D eigenvalue weighted by molar-refractivity contribution is 0.0986. The molecule has 0 N–H and O–H groups in total. The van der Waals surface area contributed by atoms with Crippen molar-refractivity contribution in [3.8, 4) is 0 Å². The summed E-state index contributed by atoms with van der Waals surface area (Å²) in [4.78, 5) is 21.9. The molecule has 1 fully saturated rings. The van der Waals surface area contributed by atoms with Crippen molar-refractivity contribution in [1.82, 2.24) is 14.2 Å². The number of nitrogens with zero attached hydrogens (tertiary/aromatic N) is 4. The van der Waals surface area contributed by atoms with E-state index in [-0.39, 0.29) is 16.6 Å². The minimum atomic E-state index is -3.56. The number of rotatable bonds is 8. The smallest absolute Gasteiger partial charge is 0.260 e. The van der Waals surface area contributed by atoms with Crippen molar-refractivity contribution in [2.45, 2.75) is 30.6 Å². The van der Waals surface area contributed by atoms with Gasteiger partial charge < -0.3 is 4.90 Å². The first-order valence-electron chi connectivity index (χ1n) is 11.4. The van der Waals surface area contributed by atoms with Crippen LogP contribution in [0.25, 0.3) is 10.2 Å². The minimum absolute atomic E-state index is 0.195. The van der Waals surface area contributed by atoms with Gasteiger partial charge >= 0.3 is 0 Å². The first-order valence-corrected chi connectivity index (χ1v) is 13.6. The Labute approximate surface area is 203 Å². The number of fused-ring (bicyclic) bond motifs is 1. The van der Waals surface area contributed by atoms with Gasteiger partial charge in [0.1, 0.15) is 5.82 Å². The van der Waals surface area contributed by atoms with Crippen LogP contribution >= 0.6 is 11.3 Å². The largest absolute Gasteiger partial charge is 0.309 e. The summed E-state index contributed by atoms with van der Waals surface area (Å²) in [5.74, 6) is -0.612. The lowest BCUT2D eigenvalue weighted by Gasteiger charge is -2.26. The van der Waals surface area contributed by atoms with Crippen molar-refractivity contribution in [3.05, 3.63) is 53.8 Å². The van der Waals surface area contributed by atoms with Crippen LogP contribution in [0.5, 0.6) is 0 Å². The fourth-order valence-corrected chi connectivity index (χ4v) is 6.54. The maximum atomic E-state index is 13.7. The maximum Gasteiger partial charge on any atom is 0.260 e. The van der Waals surface area contributed by atoms with Crippen LogP contribution in [-0.4, -0.2) is 68.8 Å². The molecule has 0 aliphatic carbocycles. The van der Waals surface area contributed by atoms with Crippen molar-refractivity contribution >= 4 is 42.6 Å². The van der Waals surface area contributed by atoms with Gasteiger partial charge in [-0.3, -0.25) is 9.69 Å². The molecule has 2 heterocycles. The highest BCUT2D eigenvalue weighted by Crippen LogP contribution is 2.31. The molecule has 0 saturated carbocycles. The zero-order valence-corrected chi connectivity index (χ0v) is 21.0. The Kier molecular flexibility index (Phi) is 7.61. The van der Waals surface area contributed by atoms with Gasteiger partial charge in [-0.05, 0) is 82.4 Å². The number of hydrogen-bond acceptors (Lipinski definition) is 6. The van der Waals surface area contributed by atoms with Crippen molar-refractivity contribution < 1.29 is 17.6 Å². The van der Waals surface area contributed by atoms with Crippen LogP contribution in [0.1, 0.15) is 36.0 Å². The summed E-state index contributed by atoms with van der Waals surface area (Å²) in [5, 5.41) is 0.495. The van der Waals surface area contributed by atoms with Crippen molar-refractivity contribution in [2.24, 2.45) is 0 Å². The van der Waals surface area contributed by atoms with E-state index in [0.717, 1.165) is 32.2 Å². The Bertz CT molecular complexity index is 1250. The average molecular weight is 505 g/mol. The maximum absolute atomic E-state index is 13.7. The van der Waals surface area contributed by atoms with Crippen LogP contribution in [0.15, 0.2) is 47.4 Å². The molecule has 1 aliphatic rings. The molecule has 10 heteroatoms. The zero-order chi connectivity index (χ0) is 24.3. The second-order valence-electron chi connectivity index (χ2n) is 8.71. The number of sulfonamides is 1. The van der Waals surface area contributed by atoms with Crippen LogP contribution in [0.3, 0.4) is 0 Å². The summed E-state index contributed by atoms with van der Waals surface area (Å²) in [6, 6.07) is 10.5. The third kappa shape index (κ3) is 5.46. The number of aromatic nitrogens is 1. The topological polar surface area (TPSA) is 73.8 Å². The molecule has 34 heavy (non-hydrogen) atoms. The lowest BCUT2D eigenvalue weighted by Crippen LogP contribution is -2.35. The Balaban J connectivity index is 1.60. The second-order valence-corrected chi connectivity index (χ2v) is 11.7. The number of anilines is 1. The predicted octanol–water partition coefficient (Wildman–Crippen LogP) is 4.21. The fourth-order valence-electron chi connectivity index (χ4n) is 4.01. The van der Waals surface area contributed by atoms with Crippen LogP contribution in [0.4, 0.5) is 9.52 Å². The van der Waals surface area contributed by atoms with Gasteiger partial charge in [0.05, 0.1) is 15.1 Å². The standard InChI is InChI=1S/C24H29FN4O3S2/c1-27(2)13-6-16-29(24-26-21-12-9-19(25)17-22(21)33-24)23(30)18-7-10-20(11-8-18)34(31,32)28-14-4-3-5-15-28/h7-12,17H,3-6,13-16H2,1-2H3. The molecular weight excluding hydrogens is 475 g/mol. The highest BCUT2D eigenvalue weighted by atomic mass is 32.2. The quantitative estimate of drug-likeness (QED) is 0.460. The van der Waals surface area contributed by atoms with E-state index in [1.807, 2.05) is 19.0 Å². The molecule has 7 nitrogen and oxygen atoms in total. The molecule has 2 aromatic carbocycles. The Morgan fingerprint density at radius 1 is 1.06 bits per heavy atom. The van der Waals surface area contributed by atoms with E-state index in [1.54, 1.807) is 23.1 Å². The molecule has 3 aromatic rings. The molecule has 0 radical (unpaired) electrons. The molecule has 1 aromatic heterocycles. The van der Waals surface area contributed by atoms with Crippen LogP contribution in [0.2, 0.25) is 0 Å². The molecule has 0 spiro atoms. The number of piperidine rings is 1. The van der Waals surface area contributed by atoms with Gasteiger partial charge in [-0.25, -0.2) is 17.8 Å². The van der Waals surface area contributed by atoms with Crippen LogP contribution in [0, 0.1) is 5.82 Å². The fraction of sp³-hybridized carbons (Fsp3) is 0.417. The second kappa shape index (κ2) is 10.5. The van der Waals surface area contributed by atoms with E-state index < -0.39 is 10.0 Å². The van der Waals surface area contributed by atoms with Gasteiger partial charge in [0.15, 0.2) is 5.13 Å². The number of thiazole rings is 1. The summed E-state index contributed by atoms with van der Waals surface area (Å²) in [7, 11) is 0.368. The molecular formula is C24H29FN4O3S2. The Hall–Kier alpha value is -2.40. The zero-order valence-electron chi connectivity index (χ0n) is 19.4. The van der Waals surface area contributed by atoms with E-state index in [2.05, 4.69) is 4.98 Å². The molecule has 0 atom stereocenters. The third-order valence-corrected chi connectivity index (χ3v) is 8.81. The third-order valence-electron chi connectivity index (χ3n) is 5.86. The highest BCUT2D eigenvalue weighted by Gasteiger charge is 2.27. The Morgan fingerprint density at radius 2 is 1.76 bits per heavy atom. The average Bonchev–Trinajstić information content (AvgIpc) is 3.24. The molecule has 1 saturated heterocycles. The lowest BCUT2D eigenvalue weighted by atomic mass is 10.2. The number of carbonyl (C=O) groups is 1. The van der Waals surface area contributed by atoms with Gasteiger partial charge in [-0.2, -0.15) is 4.31 Å². The van der Waals surface area contributed by atoms with E-state index in [4.69, 9.17) is 0 Å². The summed E-state index contributed by atoms with van der Waals surface area (Å²) < 4.78 is 41.7. The Morgan fingerprint density at radius 3 is 2.44 bits per heavy atom. The molecule has 1 amide bonds. The summed E-state index contributed by atoms with van der Waals surface area (Å²) in [6.07, 6.45) is 3.50.